The number of halogens is 6. The Hall–Kier alpha value is -1.20. The van der Waals surface area contributed by atoms with E-state index in [1.54, 1.807) is 0 Å². The average molecular weight is 411 g/mol. The first-order valence-electron chi connectivity index (χ1n) is 4.94. The highest BCUT2D eigenvalue weighted by Crippen LogP contribution is 2.31. The van der Waals surface area contributed by atoms with Crippen molar-refractivity contribution in [1.82, 2.24) is 4.98 Å². The van der Waals surface area contributed by atoms with E-state index in [2.05, 4.69) is 14.5 Å². The monoisotopic (exact) mass is 411 g/mol. The van der Waals surface area contributed by atoms with Gasteiger partial charge in [0.15, 0.2) is 0 Å². The van der Waals surface area contributed by atoms with Crippen LogP contribution < -0.4 is 4.74 Å². The van der Waals surface area contributed by atoms with Gasteiger partial charge in [0.2, 0.25) is 5.88 Å². The summed E-state index contributed by atoms with van der Waals surface area (Å²) in [6, 6.07) is 0.719. The number of alkyl halides is 5. The van der Waals surface area contributed by atoms with Crippen LogP contribution in [0.5, 0.6) is 5.88 Å². The summed E-state index contributed by atoms with van der Waals surface area (Å²) in [6.45, 7) is 0. The Morgan fingerprint density at radius 3 is 2.50 bits per heavy atom. The van der Waals surface area contributed by atoms with Gasteiger partial charge in [-0.25, -0.2) is 13.8 Å². The van der Waals surface area contributed by atoms with Crippen LogP contribution in [-0.2, 0) is 16.0 Å². The first kappa shape index (κ1) is 16.9. The predicted octanol–water partition coefficient (Wildman–Crippen LogP) is 3.24. The fourth-order valence-electron chi connectivity index (χ4n) is 1.29. The molecule has 0 radical (unpaired) electrons. The van der Waals surface area contributed by atoms with Crippen molar-refractivity contribution < 1.29 is 36.2 Å². The zero-order valence-corrected chi connectivity index (χ0v) is 12.0. The molecule has 20 heavy (non-hydrogen) atoms. The molecule has 0 aliphatic carbocycles. The minimum atomic E-state index is -5.01. The van der Waals surface area contributed by atoms with Gasteiger partial charge >= 0.3 is 12.3 Å². The smallest absolute Gasteiger partial charge is 0.469 e. The normalized spacial score (nSPS) is 11.6. The van der Waals surface area contributed by atoms with Crippen molar-refractivity contribution in [2.45, 2.75) is 19.2 Å². The number of esters is 1. The topological polar surface area (TPSA) is 48.4 Å². The highest BCUT2D eigenvalue weighted by molar-refractivity contribution is 14.1. The number of aromatic nitrogens is 1. The molecule has 4 nitrogen and oxygen atoms in total. The maximum atomic E-state index is 12.9. The Labute approximate surface area is 123 Å². The first-order chi connectivity index (χ1) is 9.14. The van der Waals surface area contributed by atoms with Gasteiger partial charge in [-0.2, -0.15) is 0 Å². The number of carbonyl (C=O) groups is 1. The van der Waals surface area contributed by atoms with Crippen LogP contribution in [0, 0.1) is 3.57 Å². The standard InChI is InChI=1S/C10H7F5INO3/c1-19-7(18)3-5-8(9(11)12)4(16)2-6(17-5)20-10(13,14)15/h2,9H,3H2,1H3. The summed E-state index contributed by atoms with van der Waals surface area (Å²) < 4.78 is 69.6. The molecule has 0 saturated carbocycles. The van der Waals surface area contributed by atoms with Crippen molar-refractivity contribution in [3.05, 3.63) is 20.9 Å². The fourth-order valence-corrected chi connectivity index (χ4v) is 2.11. The van der Waals surface area contributed by atoms with Crippen LogP contribution in [0.1, 0.15) is 17.7 Å². The molecule has 1 heterocycles. The average Bonchev–Trinajstić information content (AvgIpc) is 2.24. The van der Waals surface area contributed by atoms with Crippen LogP contribution >= 0.6 is 22.6 Å². The second-order valence-electron chi connectivity index (χ2n) is 3.40. The number of methoxy groups -OCH3 is 1. The van der Waals surface area contributed by atoms with Crippen LogP contribution in [0.15, 0.2) is 6.07 Å². The SMILES string of the molecule is COC(=O)Cc1nc(OC(F)(F)F)cc(I)c1C(F)F. The molecule has 112 valence electrons. The number of hydrogen-bond donors (Lipinski definition) is 0. The molecule has 0 fully saturated rings. The summed E-state index contributed by atoms with van der Waals surface area (Å²) in [5.41, 5.74) is -1.14. The van der Waals surface area contributed by atoms with Gasteiger partial charge in [-0.1, -0.05) is 0 Å². The first-order valence-corrected chi connectivity index (χ1v) is 6.02. The number of hydrogen-bond acceptors (Lipinski definition) is 4. The Balaban J connectivity index is 3.24. The molecule has 1 rings (SSSR count). The molecular formula is C10H7F5INO3. The van der Waals surface area contributed by atoms with Gasteiger partial charge in [0.05, 0.1) is 24.8 Å². The second-order valence-corrected chi connectivity index (χ2v) is 4.57. The number of ether oxygens (including phenoxy) is 2. The van der Waals surface area contributed by atoms with Crippen molar-refractivity contribution in [1.29, 1.82) is 0 Å². The van der Waals surface area contributed by atoms with E-state index >= 15 is 0 Å². The van der Waals surface area contributed by atoms with E-state index in [4.69, 9.17) is 0 Å². The molecule has 0 spiro atoms. The molecule has 0 atom stereocenters. The molecule has 0 aliphatic heterocycles. The van der Waals surface area contributed by atoms with Gasteiger partial charge in [0, 0.05) is 9.64 Å². The lowest BCUT2D eigenvalue weighted by atomic mass is 10.1. The molecule has 0 amide bonds. The second kappa shape index (κ2) is 6.50. The zero-order valence-electron chi connectivity index (χ0n) is 9.80. The van der Waals surface area contributed by atoms with Crippen molar-refractivity contribution in [3.63, 3.8) is 0 Å². The third-order valence-electron chi connectivity index (χ3n) is 2.04. The van der Waals surface area contributed by atoms with Crippen molar-refractivity contribution >= 4 is 28.6 Å². The van der Waals surface area contributed by atoms with E-state index in [0.29, 0.717) is 0 Å². The summed E-state index contributed by atoms with van der Waals surface area (Å²) in [7, 11) is 1.02. The molecule has 1 aromatic rings. The molecule has 1 aromatic heterocycles. The van der Waals surface area contributed by atoms with Crippen molar-refractivity contribution in [3.8, 4) is 5.88 Å². The van der Waals surface area contributed by atoms with E-state index in [1.807, 2.05) is 0 Å². The number of rotatable bonds is 4. The minimum Gasteiger partial charge on any atom is -0.469 e. The predicted molar refractivity (Wildman–Crippen MR) is 64.3 cm³/mol. The van der Waals surface area contributed by atoms with E-state index in [-0.39, 0.29) is 3.57 Å². The fraction of sp³-hybridized carbons (Fsp3) is 0.400. The maximum absolute atomic E-state index is 12.9. The Morgan fingerprint density at radius 1 is 1.45 bits per heavy atom. The van der Waals surface area contributed by atoms with Crippen LogP contribution in [0.3, 0.4) is 0 Å². The molecule has 0 saturated heterocycles. The van der Waals surface area contributed by atoms with Gasteiger partial charge in [0.25, 0.3) is 6.43 Å². The quantitative estimate of drug-likeness (QED) is 0.434. The number of pyridine rings is 1. The van der Waals surface area contributed by atoms with E-state index < -0.39 is 42.3 Å². The van der Waals surface area contributed by atoms with E-state index in [9.17, 15) is 26.7 Å². The van der Waals surface area contributed by atoms with Crippen molar-refractivity contribution in [2.24, 2.45) is 0 Å². The maximum Gasteiger partial charge on any atom is 0.574 e. The lowest BCUT2D eigenvalue weighted by Gasteiger charge is -2.13. The molecule has 0 aromatic carbocycles. The zero-order chi connectivity index (χ0) is 15.5. The highest BCUT2D eigenvalue weighted by atomic mass is 127. The summed E-state index contributed by atoms with van der Waals surface area (Å²) in [4.78, 5) is 14.4. The van der Waals surface area contributed by atoms with Gasteiger partial charge in [-0.3, -0.25) is 4.79 Å². The molecular weight excluding hydrogens is 404 g/mol. The van der Waals surface area contributed by atoms with Gasteiger partial charge in [-0.05, 0) is 22.6 Å². The van der Waals surface area contributed by atoms with Crippen LogP contribution in [0.2, 0.25) is 0 Å². The van der Waals surface area contributed by atoms with Crippen LogP contribution in [-0.4, -0.2) is 24.4 Å². The van der Waals surface area contributed by atoms with Gasteiger partial charge in [0.1, 0.15) is 0 Å². The van der Waals surface area contributed by atoms with Crippen LogP contribution in [0.4, 0.5) is 22.0 Å². The lowest BCUT2D eigenvalue weighted by molar-refractivity contribution is -0.276. The molecule has 0 aliphatic rings. The molecule has 10 heteroatoms. The summed E-state index contributed by atoms with van der Waals surface area (Å²) in [5, 5.41) is 0. The number of carbonyl (C=O) groups excluding carboxylic acids is 1. The van der Waals surface area contributed by atoms with E-state index in [1.165, 1.54) is 22.6 Å². The number of nitrogens with zero attached hydrogens (tertiary/aromatic N) is 1. The molecule has 0 bridgehead atoms. The third-order valence-corrected chi connectivity index (χ3v) is 2.93. The molecule has 0 unspecified atom stereocenters. The third kappa shape index (κ3) is 4.72. The lowest BCUT2D eigenvalue weighted by Crippen LogP contribution is -2.19. The van der Waals surface area contributed by atoms with Crippen LogP contribution in [0.25, 0.3) is 0 Å². The summed E-state index contributed by atoms with van der Waals surface area (Å²) in [6.07, 6.45) is -8.68. The van der Waals surface area contributed by atoms with Crippen molar-refractivity contribution in [2.75, 3.05) is 7.11 Å². The minimum absolute atomic E-state index is 0.189. The van der Waals surface area contributed by atoms with Gasteiger partial charge in [-0.15, -0.1) is 13.2 Å². The summed E-state index contributed by atoms with van der Waals surface area (Å²) in [5.74, 6) is -1.82. The molecule has 0 N–H and O–H groups in total. The Kier molecular flexibility index (Phi) is 5.48. The van der Waals surface area contributed by atoms with E-state index in [0.717, 1.165) is 13.2 Å². The Morgan fingerprint density at radius 2 is 2.05 bits per heavy atom. The van der Waals surface area contributed by atoms with Gasteiger partial charge < -0.3 is 9.47 Å². The largest absolute Gasteiger partial charge is 0.574 e. The Bertz CT molecular complexity index is 506. The highest BCUT2D eigenvalue weighted by Gasteiger charge is 2.33. The summed E-state index contributed by atoms with van der Waals surface area (Å²) >= 11 is 1.42.